The Morgan fingerprint density at radius 3 is 2.47 bits per heavy atom. The van der Waals surface area contributed by atoms with Gasteiger partial charge in [0.15, 0.2) is 0 Å². The van der Waals surface area contributed by atoms with Gasteiger partial charge in [0, 0.05) is 12.6 Å². The topological polar surface area (TPSA) is 106 Å². The number of likely N-dealkylation sites (N-methyl/N-ethyl adjacent to an activating group) is 1. The summed E-state index contributed by atoms with van der Waals surface area (Å²) >= 11 is 10.6. The van der Waals surface area contributed by atoms with Crippen molar-refractivity contribution in [2.45, 2.75) is 4.90 Å². The van der Waals surface area contributed by atoms with Gasteiger partial charge < -0.3 is 11.5 Å². The summed E-state index contributed by atoms with van der Waals surface area (Å²) in [6, 6.07) is 4.15. The highest BCUT2D eigenvalue weighted by Crippen LogP contribution is 2.25. The number of halogens is 1. The second-order valence-electron chi connectivity index (χ2n) is 3.74. The molecule has 0 saturated heterocycles. The summed E-state index contributed by atoms with van der Waals surface area (Å²) < 4.78 is 25.2. The lowest BCUT2D eigenvalue weighted by Crippen LogP contribution is -2.35. The maximum Gasteiger partial charge on any atom is 0.244 e. The van der Waals surface area contributed by atoms with Gasteiger partial charge in [-0.05, 0) is 12.1 Å². The van der Waals surface area contributed by atoms with Gasteiger partial charge in [-0.2, -0.15) is 4.31 Å². The largest absolute Gasteiger partial charge is 0.389 e. The van der Waals surface area contributed by atoms with Crippen LogP contribution in [0.2, 0.25) is 5.02 Å². The number of hydrogen-bond donors (Lipinski definition) is 2. The van der Waals surface area contributed by atoms with Crippen molar-refractivity contribution < 1.29 is 13.2 Å². The van der Waals surface area contributed by atoms with Crippen LogP contribution in [0.5, 0.6) is 0 Å². The zero-order valence-corrected chi connectivity index (χ0v) is 12.3. The number of sulfonamides is 1. The number of nitrogens with two attached hydrogens (primary N) is 2. The minimum atomic E-state index is -3.94. The molecular formula is C10H12ClN3O3S2. The fraction of sp³-hybridized carbons (Fsp3) is 0.200. The fourth-order valence-electron chi connectivity index (χ4n) is 1.33. The lowest BCUT2D eigenvalue weighted by Gasteiger charge is -2.16. The molecule has 19 heavy (non-hydrogen) atoms. The van der Waals surface area contributed by atoms with Crippen LogP contribution in [0, 0.1) is 0 Å². The average molecular weight is 322 g/mol. The van der Waals surface area contributed by atoms with E-state index in [0.29, 0.717) is 5.56 Å². The van der Waals surface area contributed by atoms with Crippen LogP contribution in [-0.2, 0) is 14.8 Å². The molecule has 0 bridgehead atoms. The van der Waals surface area contributed by atoms with Gasteiger partial charge in [-0.25, -0.2) is 8.42 Å². The quantitative estimate of drug-likeness (QED) is 0.747. The zero-order valence-electron chi connectivity index (χ0n) is 9.96. The van der Waals surface area contributed by atoms with Crippen molar-refractivity contribution in [1.82, 2.24) is 4.31 Å². The van der Waals surface area contributed by atoms with Crippen LogP contribution in [0.25, 0.3) is 0 Å². The van der Waals surface area contributed by atoms with E-state index in [9.17, 15) is 13.2 Å². The van der Waals surface area contributed by atoms with Gasteiger partial charge in [-0.3, -0.25) is 4.79 Å². The molecule has 4 N–H and O–H groups in total. The number of primary amides is 1. The molecule has 1 aromatic rings. The van der Waals surface area contributed by atoms with Crippen LogP contribution >= 0.6 is 23.8 Å². The van der Waals surface area contributed by atoms with Crippen LogP contribution in [-0.4, -0.2) is 37.2 Å². The summed E-state index contributed by atoms with van der Waals surface area (Å²) in [5, 5.41) is 0.0105. The SMILES string of the molecule is CN(CC(N)=O)S(=O)(=O)c1cc(C(N)=S)ccc1Cl. The molecule has 6 nitrogen and oxygen atoms in total. The first kappa shape index (κ1) is 15.8. The number of carbonyl (C=O) groups is 1. The number of carbonyl (C=O) groups excluding carboxylic acids is 1. The van der Waals surface area contributed by atoms with E-state index in [0.717, 1.165) is 4.31 Å². The molecule has 0 aliphatic carbocycles. The number of hydrogen-bond acceptors (Lipinski definition) is 4. The summed E-state index contributed by atoms with van der Waals surface area (Å²) in [5.74, 6) is -0.771. The van der Waals surface area contributed by atoms with Gasteiger partial charge in [-0.15, -0.1) is 0 Å². The Morgan fingerprint density at radius 1 is 1.42 bits per heavy atom. The normalized spacial score (nSPS) is 11.5. The van der Waals surface area contributed by atoms with E-state index < -0.39 is 22.5 Å². The molecule has 0 saturated carbocycles. The molecule has 0 radical (unpaired) electrons. The Balaban J connectivity index is 3.31. The smallest absolute Gasteiger partial charge is 0.244 e. The van der Waals surface area contributed by atoms with Gasteiger partial charge >= 0.3 is 0 Å². The van der Waals surface area contributed by atoms with Crippen LogP contribution in [0.1, 0.15) is 5.56 Å². The zero-order chi connectivity index (χ0) is 14.8. The molecule has 0 atom stereocenters. The standard InChI is InChI=1S/C10H12ClN3O3S2/c1-14(5-9(12)15)19(16,17)8-4-6(10(13)18)2-3-7(8)11/h2-4H,5H2,1H3,(H2,12,15)(H2,13,18). The monoisotopic (exact) mass is 321 g/mol. The van der Waals surface area contributed by atoms with E-state index in [1.165, 1.54) is 25.2 Å². The average Bonchev–Trinajstić information content (AvgIpc) is 2.27. The van der Waals surface area contributed by atoms with E-state index in [1.54, 1.807) is 0 Å². The molecule has 1 aromatic carbocycles. The van der Waals surface area contributed by atoms with Crippen molar-refractivity contribution in [3.8, 4) is 0 Å². The molecule has 0 spiro atoms. The van der Waals surface area contributed by atoms with Crippen LogP contribution in [0.15, 0.2) is 23.1 Å². The van der Waals surface area contributed by atoms with Gasteiger partial charge in [0.1, 0.15) is 9.88 Å². The molecule has 104 valence electrons. The van der Waals surface area contributed by atoms with Crippen LogP contribution < -0.4 is 11.5 Å². The third kappa shape index (κ3) is 3.63. The number of benzene rings is 1. The second-order valence-corrected chi connectivity index (χ2v) is 6.60. The molecule has 9 heteroatoms. The highest BCUT2D eigenvalue weighted by molar-refractivity contribution is 7.89. The summed E-state index contributed by atoms with van der Waals surface area (Å²) in [6.45, 7) is -0.448. The molecule has 0 fully saturated rings. The van der Waals surface area contributed by atoms with Crippen molar-refractivity contribution in [2.24, 2.45) is 11.5 Å². The number of thiocarbonyl (C=S) groups is 1. The lowest BCUT2D eigenvalue weighted by molar-refractivity contribution is -0.118. The number of amides is 1. The highest BCUT2D eigenvalue weighted by Gasteiger charge is 2.25. The molecule has 0 aliphatic heterocycles. The second kappa shape index (κ2) is 5.83. The number of nitrogens with zero attached hydrogens (tertiary/aromatic N) is 1. The van der Waals surface area contributed by atoms with Crippen LogP contribution in [0.4, 0.5) is 0 Å². The van der Waals surface area contributed by atoms with E-state index >= 15 is 0 Å². The molecule has 1 amide bonds. The minimum Gasteiger partial charge on any atom is -0.389 e. The van der Waals surface area contributed by atoms with Crippen molar-refractivity contribution >= 4 is 44.7 Å². The Morgan fingerprint density at radius 2 is 2.00 bits per heavy atom. The first-order valence-corrected chi connectivity index (χ1v) is 7.23. The Bertz CT molecular complexity index is 631. The minimum absolute atomic E-state index is 0.0105. The maximum atomic E-state index is 12.2. The molecule has 0 aromatic heterocycles. The molecular weight excluding hydrogens is 310 g/mol. The maximum absolute atomic E-state index is 12.2. The fourth-order valence-corrected chi connectivity index (χ4v) is 3.09. The predicted octanol–water partition coefficient (Wildman–Crippen LogP) is 0.0800. The summed E-state index contributed by atoms with van der Waals surface area (Å²) in [4.78, 5) is 10.7. The van der Waals surface area contributed by atoms with Crippen molar-refractivity contribution in [2.75, 3.05) is 13.6 Å². The van der Waals surface area contributed by atoms with Gasteiger partial charge in [0.2, 0.25) is 15.9 Å². The first-order chi connectivity index (χ1) is 8.66. The van der Waals surface area contributed by atoms with Crippen LogP contribution in [0.3, 0.4) is 0 Å². The van der Waals surface area contributed by atoms with Gasteiger partial charge in [-0.1, -0.05) is 29.9 Å². The summed E-state index contributed by atoms with van der Waals surface area (Å²) in [6.07, 6.45) is 0. The van der Waals surface area contributed by atoms with Crippen molar-refractivity contribution in [1.29, 1.82) is 0 Å². The number of rotatable bonds is 5. The summed E-state index contributed by atoms with van der Waals surface area (Å²) in [7, 11) is -2.71. The van der Waals surface area contributed by atoms with Crippen molar-refractivity contribution in [3.63, 3.8) is 0 Å². The van der Waals surface area contributed by atoms with Crippen molar-refractivity contribution in [3.05, 3.63) is 28.8 Å². The highest BCUT2D eigenvalue weighted by atomic mass is 35.5. The van der Waals surface area contributed by atoms with Gasteiger partial charge in [0.05, 0.1) is 11.6 Å². The van der Waals surface area contributed by atoms with E-state index in [-0.39, 0.29) is 14.9 Å². The van der Waals surface area contributed by atoms with Gasteiger partial charge in [0.25, 0.3) is 0 Å². The summed E-state index contributed by atoms with van der Waals surface area (Å²) in [5.41, 5.74) is 10.8. The predicted molar refractivity (Wildman–Crippen MR) is 76.3 cm³/mol. The first-order valence-electron chi connectivity index (χ1n) is 5.00. The lowest BCUT2D eigenvalue weighted by atomic mass is 10.2. The Labute approximate surface area is 121 Å². The molecule has 0 heterocycles. The molecule has 1 rings (SSSR count). The third-order valence-electron chi connectivity index (χ3n) is 2.28. The molecule has 0 aliphatic rings. The Kier molecular flexibility index (Phi) is 4.86. The van der Waals surface area contributed by atoms with E-state index in [4.69, 9.17) is 35.3 Å². The van der Waals surface area contributed by atoms with E-state index in [2.05, 4.69) is 0 Å². The third-order valence-corrected chi connectivity index (χ3v) is 4.80. The molecule has 0 unspecified atom stereocenters. The Hall–Kier alpha value is -1.22. The van der Waals surface area contributed by atoms with E-state index in [1.807, 2.05) is 0 Å².